The third-order valence-corrected chi connectivity index (χ3v) is 4.46. The van der Waals surface area contributed by atoms with Crippen molar-refractivity contribution in [3.05, 3.63) is 103 Å². The zero-order valence-corrected chi connectivity index (χ0v) is 16.0. The number of carbonyl (C=O) groups is 1. The van der Waals surface area contributed by atoms with E-state index in [1.54, 1.807) is 12.1 Å². The number of anilines is 3. The topological polar surface area (TPSA) is 66.9 Å². The van der Waals surface area contributed by atoms with Gasteiger partial charge < -0.3 is 10.6 Å². The zero-order chi connectivity index (χ0) is 20.8. The van der Waals surface area contributed by atoms with Crippen molar-refractivity contribution in [3.8, 4) is 11.3 Å². The number of halogens is 1. The molecule has 0 bridgehead atoms. The Kier molecular flexibility index (Phi) is 5.75. The second-order valence-electron chi connectivity index (χ2n) is 6.71. The van der Waals surface area contributed by atoms with Crippen molar-refractivity contribution < 1.29 is 9.18 Å². The van der Waals surface area contributed by atoms with Gasteiger partial charge in [-0.3, -0.25) is 4.79 Å². The summed E-state index contributed by atoms with van der Waals surface area (Å²) in [7, 11) is 0. The van der Waals surface area contributed by atoms with Gasteiger partial charge in [0.1, 0.15) is 18.0 Å². The first-order valence-corrected chi connectivity index (χ1v) is 9.44. The average Bonchev–Trinajstić information content (AvgIpc) is 2.77. The van der Waals surface area contributed by atoms with Crippen LogP contribution in [0.25, 0.3) is 11.3 Å². The molecule has 2 N–H and O–H groups in total. The molecule has 1 aromatic heterocycles. The minimum absolute atomic E-state index is 0.161. The number of nitrogens with one attached hydrogen (secondary N) is 2. The number of aromatic nitrogens is 2. The van der Waals surface area contributed by atoms with Crippen molar-refractivity contribution in [2.75, 3.05) is 10.6 Å². The molecule has 0 atom stereocenters. The minimum Gasteiger partial charge on any atom is -0.340 e. The van der Waals surface area contributed by atoms with Crippen LogP contribution in [-0.2, 0) is 11.2 Å². The van der Waals surface area contributed by atoms with Crippen molar-refractivity contribution in [1.82, 2.24) is 9.97 Å². The van der Waals surface area contributed by atoms with Crippen molar-refractivity contribution in [1.29, 1.82) is 0 Å². The molecule has 1 heterocycles. The van der Waals surface area contributed by atoms with Gasteiger partial charge in [-0.25, -0.2) is 14.4 Å². The highest BCUT2D eigenvalue weighted by Crippen LogP contribution is 2.22. The maximum atomic E-state index is 13.0. The molecule has 148 valence electrons. The number of amides is 1. The monoisotopic (exact) mass is 398 g/mol. The Morgan fingerprint density at radius 3 is 2.27 bits per heavy atom. The molecule has 0 fully saturated rings. The average molecular weight is 398 g/mol. The first-order valence-electron chi connectivity index (χ1n) is 9.44. The van der Waals surface area contributed by atoms with Gasteiger partial charge in [0.25, 0.3) is 0 Å². The van der Waals surface area contributed by atoms with Gasteiger partial charge in [0.15, 0.2) is 0 Å². The third-order valence-electron chi connectivity index (χ3n) is 4.46. The molecule has 30 heavy (non-hydrogen) atoms. The van der Waals surface area contributed by atoms with E-state index in [-0.39, 0.29) is 18.1 Å². The standard InChI is InChI=1S/C24H19FN4O/c25-19-8-6-17(7-9-19)14-24(30)29-21-12-10-20(11-13-21)28-23-15-22(26-16-27-23)18-4-2-1-3-5-18/h1-13,15-16H,14H2,(H,29,30)(H,26,27,28). The summed E-state index contributed by atoms with van der Waals surface area (Å²) in [6.07, 6.45) is 1.71. The van der Waals surface area contributed by atoms with E-state index >= 15 is 0 Å². The molecular weight excluding hydrogens is 379 g/mol. The Balaban J connectivity index is 1.38. The van der Waals surface area contributed by atoms with Gasteiger partial charge in [-0.15, -0.1) is 0 Å². The predicted octanol–water partition coefficient (Wildman–Crippen LogP) is 5.21. The van der Waals surface area contributed by atoms with Gasteiger partial charge in [0.05, 0.1) is 12.1 Å². The van der Waals surface area contributed by atoms with Crippen LogP contribution in [0.1, 0.15) is 5.56 Å². The van der Waals surface area contributed by atoms with Crippen LogP contribution in [0, 0.1) is 5.82 Å². The van der Waals surface area contributed by atoms with Crippen molar-refractivity contribution >= 4 is 23.1 Å². The first kappa shape index (κ1) is 19.3. The summed E-state index contributed by atoms with van der Waals surface area (Å²) in [6.45, 7) is 0. The van der Waals surface area contributed by atoms with Crippen molar-refractivity contribution in [2.24, 2.45) is 0 Å². The van der Waals surface area contributed by atoms with Gasteiger partial charge in [0.2, 0.25) is 5.91 Å². The van der Waals surface area contributed by atoms with E-state index in [2.05, 4.69) is 20.6 Å². The fourth-order valence-corrected chi connectivity index (χ4v) is 2.97. The Labute approximate surface area is 173 Å². The van der Waals surface area contributed by atoms with Crippen LogP contribution in [0.2, 0.25) is 0 Å². The molecule has 6 heteroatoms. The lowest BCUT2D eigenvalue weighted by molar-refractivity contribution is -0.115. The van der Waals surface area contributed by atoms with Crippen LogP contribution in [0.4, 0.5) is 21.6 Å². The highest BCUT2D eigenvalue weighted by molar-refractivity contribution is 5.92. The lowest BCUT2D eigenvalue weighted by Gasteiger charge is -2.09. The lowest BCUT2D eigenvalue weighted by atomic mass is 10.1. The molecule has 1 amide bonds. The van der Waals surface area contributed by atoms with Gasteiger partial charge >= 0.3 is 0 Å². The number of benzene rings is 3. The SMILES string of the molecule is O=C(Cc1ccc(F)cc1)Nc1ccc(Nc2cc(-c3ccccc3)ncn2)cc1. The molecule has 3 aromatic carbocycles. The number of hydrogen-bond acceptors (Lipinski definition) is 4. The molecule has 0 spiro atoms. The molecule has 0 radical (unpaired) electrons. The minimum atomic E-state index is -0.318. The fourth-order valence-electron chi connectivity index (χ4n) is 2.97. The Morgan fingerprint density at radius 2 is 1.53 bits per heavy atom. The molecule has 0 aliphatic carbocycles. The molecule has 4 aromatic rings. The van der Waals surface area contributed by atoms with Gasteiger partial charge in [-0.1, -0.05) is 42.5 Å². The van der Waals surface area contributed by atoms with Gasteiger partial charge in [-0.2, -0.15) is 0 Å². The summed E-state index contributed by atoms with van der Waals surface area (Å²) in [4.78, 5) is 20.8. The maximum Gasteiger partial charge on any atom is 0.228 e. The van der Waals surface area contributed by atoms with E-state index in [0.717, 1.165) is 22.5 Å². The van der Waals surface area contributed by atoms with Crippen LogP contribution < -0.4 is 10.6 Å². The number of nitrogens with zero attached hydrogens (tertiary/aromatic N) is 2. The van der Waals surface area contributed by atoms with E-state index in [4.69, 9.17) is 0 Å². The molecule has 0 aliphatic rings. The fraction of sp³-hybridized carbons (Fsp3) is 0.0417. The summed E-state index contributed by atoms with van der Waals surface area (Å²) in [6, 6.07) is 25.0. The number of rotatable bonds is 6. The van der Waals surface area contributed by atoms with Crippen LogP contribution >= 0.6 is 0 Å². The largest absolute Gasteiger partial charge is 0.340 e. The second kappa shape index (κ2) is 8.96. The molecule has 0 unspecified atom stereocenters. The quantitative estimate of drug-likeness (QED) is 0.468. The Morgan fingerprint density at radius 1 is 0.833 bits per heavy atom. The van der Waals surface area contributed by atoms with E-state index in [9.17, 15) is 9.18 Å². The molecular formula is C24H19FN4O. The number of carbonyl (C=O) groups excluding carboxylic acids is 1. The van der Waals surface area contributed by atoms with Crippen LogP contribution in [0.5, 0.6) is 0 Å². The van der Waals surface area contributed by atoms with Crippen LogP contribution in [0.15, 0.2) is 91.3 Å². The van der Waals surface area contributed by atoms with E-state index in [1.807, 2.05) is 60.7 Å². The summed E-state index contributed by atoms with van der Waals surface area (Å²) < 4.78 is 13.0. The lowest BCUT2D eigenvalue weighted by Crippen LogP contribution is -2.14. The van der Waals surface area contributed by atoms with E-state index in [1.165, 1.54) is 18.5 Å². The van der Waals surface area contributed by atoms with Crippen LogP contribution in [0.3, 0.4) is 0 Å². The highest BCUT2D eigenvalue weighted by atomic mass is 19.1. The third kappa shape index (κ3) is 5.05. The molecule has 0 saturated carbocycles. The molecule has 0 aliphatic heterocycles. The van der Waals surface area contributed by atoms with Gasteiger partial charge in [0, 0.05) is 23.0 Å². The molecule has 4 rings (SSSR count). The molecule has 5 nitrogen and oxygen atoms in total. The summed E-state index contributed by atoms with van der Waals surface area (Å²) in [5.74, 6) is 0.199. The Hall–Kier alpha value is -4.06. The zero-order valence-electron chi connectivity index (χ0n) is 16.0. The normalized spacial score (nSPS) is 10.4. The van der Waals surface area contributed by atoms with Crippen LogP contribution in [-0.4, -0.2) is 15.9 Å². The van der Waals surface area contributed by atoms with Crippen molar-refractivity contribution in [2.45, 2.75) is 6.42 Å². The first-order chi connectivity index (χ1) is 14.7. The second-order valence-corrected chi connectivity index (χ2v) is 6.71. The number of hydrogen-bond donors (Lipinski definition) is 2. The van der Waals surface area contributed by atoms with E-state index < -0.39 is 0 Å². The predicted molar refractivity (Wildman–Crippen MR) is 116 cm³/mol. The summed E-state index contributed by atoms with van der Waals surface area (Å²) in [5.41, 5.74) is 4.12. The van der Waals surface area contributed by atoms with Gasteiger partial charge in [-0.05, 0) is 42.0 Å². The van der Waals surface area contributed by atoms with E-state index in [0.29, 0.717) is 11.5 Å². The summed E-state index contributed by atoms with van der Waals surface area (Å²) in [5, 5.41) is 6.08. The molecule has 0 saturated heterocycles. The highest BCUT2D eigenvalue weighted by Gasteiger charge is 2.06. The smallest absolute Gasteiger partial charge is 0.228 e. The van der Waals surface area contributed by atoms with Crippen molar-refractivity contribution in [3.63, 3.8) is 0 Å². The maximum absolute atomic E-state index is 13.0. The summed E-state index contributed by atoms with van der Waals surface area (Å²) >= 11 is 0. The Bertz CT molecular complexity index is 1130.